The van der Waals surface area contributed by atoms with Crippen LogP contribution in [-0.2, 0) is 27.1 Å². The molecule has 2 unspecified atom stereocenters. The smallest absolute Gasteiger partial charge is 0.452 e. The number of methoxy groups -OCH3 is 2. The number of Topliss-reactive ketones (excluding diaryl/α,β-unsaturated/α-hetero) is 1. The average molecular weight is 770 g/mol. The van der Waals surface area contributed by atoms with Gasteiger partial charge in [0, 0.05) is 0 Å². The standard InChI is InChI=1S/C41H38F3N5O7/c1-53-30-15-7-26(8-16-30)19-24-3-11-28(12-4-24)34(29-13-5-25(6-14-29)20-27-9-17-31(54-2)18-10-27)55-21-32-35(50)40(45,38(52)41(42,43)44)39(56-32)49-23-48-33-36(49)46-22-47-37(33)51/h3-18,22-23,32,34-35,39,50H,19-21,45H2,1-2H3,(H,46,47,51)/t32-,35?,39-,40?/m1/s1. The second kappa shape index (κ2) is 15.7. The number of hydrogen-bond donors (Lipinski definition) is 3. The quantitative estimate of drug-likeness (QED) is 0.142. The van der Waals surface area contributed by atoms with Crippen LogP contribution in [0, 0.1) is 0 Å². The predicted octanol–water partition coefficient (Wildman–Crippen LogP) is 5.21. The van der Waals surface area contributed by atoms with Crippen LogP contribution in [0.25, 0.3) is 11.2 Å². The number of imidazole rings is 1. The van der Waals surface area contributed by atoms with E-state index in [1.807, 2.05) is 97.1 Å². The molecule has 4 atom stereocenters. The lowest BCUT2D eigenvalue weighted by Crippen LogP contribution is -2.64. The van der Waals surface area contributed by atoms with Gasteiger partial charge in [0.25, 0.3) is 11.3 Å². The van der Waals surface area contributed by atoms with Crippen LogP contribution in [0.15, 0.2) is 115 Å². The molecule has 1 fully saturated rings. The average Bonchev–Trinajstić information content (AvgIpc) is 3.75. The number of benzene rings is 4. The molecule has 12 nitrogen and oxygen atoms in total. The van der Waals surface area contributed by atoms with Crippen molar-refractivity contribution in [2.75, 3.05) is 20.8 Å². The van der Waals surface area contributed by atoms with Crippen LogP contribution in [0.5, 0.6) is 11.5 Å². The first-order chi connectivity index (χ1) is 26.9. The van der Waals surface area contributed by atoms with E-state index in [1.54, 1.807) is 14.2 Å². The molecule has 7 rings (SSSR count). The first-order valence-electron chi connectivity index (χ1n) is 17.6. The van der Waals surface area contributed by atoms with Crippen molar-refractivity contribution >= 4 is 16.9 Å². The molecule has 0 bridgehead atoms. The largest absolute Gasteiger partial charge is 0.497 e. The van der Waals surface area contributed by atoms with Crippen LogP contribution in [0.3, 0.4) is 0 Å². The molecule has 6 aromatic rings. The van der Waals surface area contributed by atoms with Crippen LogP contribution in [0.4, 0.5) is 13.2 Å². The van der Waals surface area contributed by atoms with Gasteiger partial charge < -0.3 is 34.8 Å². The summed E-state index contributed by atoms with van der Waals surface area (Å²) in [6, 6.07) is 30.9. The number of rotatable bonds is 13. The van der Waals surface area contributed by atoms with Gasteiger partial charge in [-0.3, -0.25) is 14.2 Å². The highest BCUT2D eigenvalue weighted by molar-refractivity contribution is 5.94. The van der Waals surface area contributed by atoms with Crippen molar-refractivity contribution in [2.24, 2.45) is 5.73 Å². The molecule has 15 heteroatoms. The van der Waals surface area contributed by atoms with E-state index < -0.39 is 54.2 Å². The zero-order chi connectivity index (χ0) is 39.6. The molecule has 1 saturated heterocycles. The van der Waals surface area contributed by atoms with E-state index >= 15 is 0 Å². The number of aromatic amines is 1. The first kappa shape index (κ1) is 38.4. The minimum Gasteiger partial charge on any atom is -0.497 e. The normalized spacial score (nSPS) is 19.8. The van der Waals surface area contributed by atoms with Gasteiger partial charge in [-0.1, -0.05) is 72.8 Å². The van der Waals surface area contributed by atoms with Gasteiger partial charge in [0.05, 0.1) is 33.5 Å². The number of H-pyrrole nitrogens is 1. The van der Waals surface area contributed by atoms with Gasteiger partial charge in [0.2, 0.25) is 0 Å². The first-order valence-corrected chi connectivity index (χ1v) is 17.6. The van der Waals surface area contributed by atoms with Crippen LogP contribution in [0.1, 0.15) is 45.7 Å². The Morgan fingerprint density at radius 2 is 1.34 bits per heavy atom. The van der Waals surface area contributed by atoms with Gasteiger partial charge in [-0.25, -0.2) is 9.97 Å². The van der Waals surface area contributed by atoms with E-state index in [0.717, 1.165) is 51.0 Å². The number of aromatic nitrogens is 4. The Morgan fingerprint density at radius 1 is 0.857 bits per heavy atom. The summed E-state index contributed by atoms with van der Waals surface area (Å²) in [7, 11) is 3.21. The zero-order valence-corrected chi connectivity index (χ0v) is 30.3. The second-order valence-electron chi connectivity index (χ2n) is 13.5. The van der Waals surface area contributed by atoms with E-state index in [4.69, 9.17) is 24.7 Å². The zero-order valence-electron chi connectivity index (χ0n) is 30.3. The maximum absolute atomic E-state index is 14.1. The SMILES string of the molecule is COc1ccc(Cc2ccc(C(OC[C@H]3O[C@@H](n4cnc5c(=O)[nH]cnc54)C(N)(C(=O)C(F)(F)F)C3O)c3ccc(Cc4ccc(OC)cc4)cc3)cc2)cc1. The fourth-order valence-electron chi connectivity index (χ4n) is 6.91. The molecule has 290 valence electrons. The van der Waals surface area contributed by atoms with Crippen molar-refractivity contribution in [1.29, 1.82) is 0 Å². The summed E-state index contributed by atoms with van der Waals surface area (Å²) in [6.45, 7) is -0.478. The van der Waals surface area contributed by atoms with Crippen LogP contribution >= 0.6 is 0 Å². The van der Waals surface area contributed by atoms with Crippen molar-refractivity contribution in [1.82, 2.24) is 19.5 Å². The molecule has 1 aliphatic heterocycles. The molecule has 4 aromatic carbocycles. The number of aliphatic hydroxyl groups is 1. The van der Waals surface area contributed by atoms with E-state index in [1.165, 1.54) is 0 Å². The number of fused-ring (bicyclic) bond motifs is 1. The van der Waals surface area contributed by atoms with Gasteiger partial charge in [-0.15, -0.1) is 0 Å². The number of nitrogens with one attached hydrogen (secondary N) is 1. The Morgan fingerprint density at radius 3 is 1.80 bits per heavy atom. The van der Waals surface area contributed by atoms with E-state index in [9.17, 15) is 27.9 Å². The maximum Gasteiger partial charge on any atom is 0.452 e. The topological polar surface area (TPSA) is 164 Å². The van der Waals surface area contributed by atoms with Gasteiger partial charge in [0.1, 0.15) is 29.8 Å². The second-order valence-corrected chi connectivity index (χ2v) is 13.5. The Kier molecular flexibility index (Phi) is 10.8. The lowest BCUT2D eigenvalue weighted by atomic mass is 9.86. The van der Waals surface area contributed by atoms with Crippen molar-refractivity contribution < 1.29 is 42.0 Å². The molecule has 0 amide bonds. The third-order valence-corrected chi connectivity index (χ3v) is 9.95. The third kappa shape index (κ3) is 7.66. The third-order valence-electron chi connectivity index (χ3n) is 9.95. The lowest BCUT2D eigenvalue weighted by Gasteiger charge is -2.32. The summed E-state index contributed by atoms with van der Waals surface area (Å²) in [5.74, 6) is -0.920. The molecule has 0 saturated carbocycles. The summed E-state index contributed by atoms with van der Waals surface area (Å²) in [4.78, 5) is 35.6. The Labute approximate surface area is 318 Å². The number of carbonyl (C=O) groups excluding carboxylic acids is 1. The fourth-order valence-corrected chi connectivity index (χ4v) is 6.91. The summed E-state index contributed by atoms with van der Waals surface area (Å²) in [5, 5.41) is 11.4. The highest BCUT2D eigenvalue weighted by atomic mass is 19.4. The van der Waals surface area contributed by atoms with Crippen molar-refractivity contribution in [3.05, 3.63) is 153 Å². The van der Waals surface area contributed by atoms with E-state index in [2.05, 4.69) is 15.0 Å². The summed E-state index contributed by atoms with van der Waals surface area (Å²) in [6.07, 6.45) is -8.59. The van der Waals surface area contributed by atoms with Gasteiger partial charge >= 0.3 is 6.18 Å². The number of ether oxygens (including phenoxy) is 4. The Balaban J connectivity index is 1.18. The molecule has 1 aliphatic rings. The van der Waals surface area contributed by atoms with Gasteiger partial charge in [-0.05, 0) is 70.5 Å². The van der Waals surface area contributed by atoms with Crippen molar-refractivity contribution in [3.63, 3.8) is 0 Å². The highest BCUT2D eigenvalue weighted by Gasteiger charge is 2.66. The van der Waals surface area contributed by atoms with Gasteiger partial charge in [-0.2, -0.15) is 13.2 Å². The van der Waals surface area contributed by atoms with E-state index in [-0.39, 0.29) is 11.2 Å². The number of carbonyl (C=O) groups is 1. The molecule has 0 aliphatic carbocycles. The summed E-state index contributed by atoms with van der Waals surface area (Å²) in [5.41, 5.74) is 7.69. The van der Waals surface area contributed by atoms with Crippen LogP contribution in [0.2, 0.25) is 0 Å². The predicted molar refractivity (Wildman–Crippen MR) is 198 cm³/mol. The molecule has 3 heterocycles. The van der Waals surface area contributed by atoms with E-state index in [0.29, 0.717) is 24.0 Å². The Bertz CT molecular complexity index is 2260. The number of nitrogens with zero attached hydrogens (tertiary/aromatic N) is 3. The molecule has 0 spiro atoms. The number of alkyl halides is 3. The van der Waals surface area contributed by atoms with Crippen molar-refractivity contribution in [3.8, 4) is 11.5 Å². The van der Waals surface area contributed by atoms with Crippen LogP contribution < -0.4 is 20.8 Å². The highest BCUT2D eigenvalue weighted by Crippen LogP contribution is 2.43. The maximum atomic E-state index is 14.1. The number of halogens is 3. The summed E-state index contributed by atoms with van der Waals surface area (Å²) < 4.78 is 66.0. The molecule has 0 radical (unpaired) electrons. The minimum absolute atomic E-state index is 0.195. The van der Waals surface area contributed by atoms with Gasteiger partial charge in [0.15, 0.2) is 22.9 Å². The lowest BCUT2D eigenvalue weighted by molar-refractivity contribution is -0.183. The number of aliphatic hydroxyl groups excluding tert-OH is 1. The number of ketones is 1. The molecular weight excluding hydrogens is 731 g/mol. The Hall–Kier alpha value is -5.87. The molecule has 4 N–H and O–H groups in total. The minimum atomic E-state index is -5.45. The number of hydrogen-bond acceptors (Lipinski definition) is 10. The van der Waals surface area contributed by atoms with Crippen LogP contribution in [-0.4, -0.2) is 75.2 Å². The monoisotopic (exact) mass is 769 g/mol. The van der Waals surface area contributed by atoms with Crippen molar-refractivity contribution in [2.45, 2.75) is 49.1 Å². The molecule has 2 aromatic heterocycles. The number of nitrogens with two attached hydrogens (primary N) is 1. The summed E-state index contributed by atoms with van der Waals surface area (Å²) >= 11 is 0. The molecular formula is C41H38F3N5O7. The fraction of sp³-hybridized carbons (Fsp3) is 0.268. The molecule has 56 heavy (non-hydrogen) atoms.